The fraction of sp³-hybridized carbons (Fsp3) is 0.727. The average molecular weight is 370 g/mol. The van der Waals surface area contributed by atoms with Crippen LogP contribution >= 0.6 is 37.9 Å². The predicted octanol–water partition coefficient (Wildman–Crippen LogP) is -2.38. The van der Waals surface area contributed by atoms with Crippen molar-refractivity contribution in [3.8, 4) is 0 Å². The Balaban J connectivity index is 5.27. The van der Waals surface area contributed by atoms with Crippen LogP contribution in [-0.2, 0) is 14.4 Å². The van der Waals surface area contributed by atoms with Crippen molar-refractivity contribution in [1.82, 2.24) is 10.6 Å². The van der Waals surface area contributed by atoms with Gasteiger partial charge in [0, 0.05) is 17.3 Å². The van der Waals surface area contributed by atoms with Gasteiger partial charge in [-0.3, -0.25) is 14.4 Å². The molecule has 128 valence electrons. The van der Waals surface area contributed by atoms with Crippen LogP contribution in [0.1, 0.15) is 13.8 Å². The molecule has 2 atom stereocenters. The van der Waals surface area contributed by atoms with Crippen LogP contribution in [0.15, 0.2) is 0 Å². The number of amides is 3. The summed E-state index contributed by atoms with van der Waals surface area (Å²) in [5, 5.41) is 4.87. The summed E-state index contributed by atoms with van der Waals surface area (Å²) in [5.74, 6) is -2.40. The van der Waals surface area contributed by atoms with Gasteiger partial charge in [0.05, 0.1) is 0 Å². The second-order valence-electron chi connectivity index (χ2n) is 5.45. The van der Waals surface area contributed by atoms with Crippen molar-refractivity contribution in [1.29, 1.82) is 0 Å². The number of hydrogen-bond acceptors (Lipinski definition) is 8. The Labute approximate surface area is 145 Å². The average Bonchev–Trinajstić information content (AvgIpc) is 2.46. The fourth-order valence-electron chi connectivity index (χ4n) is 1.17. The Morgan fingerprint density at radius 2 is 1.27 bits per heavy atom. The zero-order valence-corrected chi connectivity index (χ0v) is 15.1. The highest BCUT2D eigenvalue weighted by atomic mass is 32.1. The lowest BCUT2D eigenvalue weighted by molar-refractivity contribution is -0.137. The van der Waals surface area contributed by atoms with E-state index in [9.17, 15) is 14.4 Å². The van der Waals surface area contributed by atoms with Crippen LogP contribution in [0.5, 0.6) is 0 Å². The van der Waals surface area contributed by atoms with Gasteiger partial charge >= 0.3 is 0 Å². The monoisotopic (exact) mass is 369 g/mol. The van der Waals surface area contributed by atoms with E-state index in [0.29, 0.717) is 0 Å². The van der Waals surface area contributed by atoms with Crippen molar-refractivity contribution < 1.29 is 14.4 Å². The summed E-state index contributed by atoms with van der Waals surface area (Å²) >= 11 is 11.9. The van der Waals surface area contributed by atoms with Gasteiger partial charge in [-0.15, -0.1) is 0 Å². The molecule has 0 saturated heterocycles. The first kappa shape index (κ1) is 21.4. The quantitative estimate of drug-likeness (QED) is 0.177. The smallest absolute Gasteiger partial charge is 0.256 e. The predicted molar refractivity (Wildman–Crippen MR) is 95.0 cm³/mol. The molecule has 0 unspecified atom stereocenters. The molecule has 0 aliphatic rings. The van der Waals surface area contributed by atoms with Gasteiger partial charge in [0.1, 0.15) is 11.1 Å². The first-order chi connectivity index (χ1) is 9.88. The molecule has 0 fully saturated rings. The molecule has 11 heteroatoms. The molecule has 0 spiro atoms. The minimum Gasteiger partial charge on any atom is -0.368 e. The van der Waals surface area contributed by atoms with Gasteiger partial charge in [-0.1, -0.05) is 0 Å². The Morgan fingerprint density at radius 3 is 1.59 bits per heavy atom. The summed E-state index contributed by atoms with van der Waals surface area (Å²) in [5.41, 5.74) is 11.8. The SMILES string of the molecule is C[C@](CS)(NC(=O)[C@](C)(CS)NC(=O)C(N)(N)CS)C(N)=O. The second kappa shape index (κ2) is 7.77. The molecule has 0 aromatic heterocycles. The van der Waals surface area contributed by atoms with Crippen molar-refractivity contribution in [2.45, 2.75) is 30.6 Å². The standard InChI is InChI=1S/C11H23N5O3S3/c1-9(3-20,6(12)17)15-7(18)10(2,4-21)16-8(19)11(13,14)5-22/h20-22H,3-5,13-14H2,1-2H3,(H2,12,17)(H,15,18)(H,16,19)/t9-,10+/m1/s1. The number of rotatable bonds is 8. The first-order valence-corrected chi connectivity index (χ1v) is 8.14. The molecule has 0 rings (SSSR count). The number of carbonyl (C=O) groups is 3. The first-order valence-electron chi connectivity index (χ1n) is 6.24. The molecule has 3 amide bonds. The van der Waals surface area contributed by atoms with Gasteiger partial charge in [0.15, 0.2) is 5.66 Å². The number of nitrogens with two attached hydrogens (primary N) is 3. The third kappa shape index (κ3) is 4.95. The fourth-order valence-corrected chi connectivity index (χ4v) is 1.78. The van der Waals surface area contributed by atoms with Crippen LogP contribution in [0.4, 0.5) is 0 Å². The number of carbonyl (C=O) groups excluding carboxylic acids is 3. The van der Waals surface area contributed by atoms with Crippen LogP contribution in [-0.4, -0.2) is 51.7 Å². The lowest BCUT2D eigenvalue weighted by Gasteiger charge is -2.35. The molecule has 0 aromatic rings. The maximum absolute atomic E-state index is 12.4. The van der Waals surface area contributed by atoms with Gasteiger partial charge in [0.25, 0.3) is 5.91 Å². The van der Waals surface area contributed by atoms with Crippen LogP contribution in [0.25, 0.3) is 0 Å². The van der Waals surface area contributed by atoms with Crippen LogP contribution < -0.4 is 27.8 Å². The summed E-state index contributed by atoms with van der Waals surface area (Å²) in [6.07, 6.45) is 0. The summed E-state index contributed by atoms with van der Waals surface area (Å²) in [6.45, 7) is 2.84. The Bertz CT molecular complexity index is 462. The molecule has 0 bridgehead atoms. The van der Waals surface area contributed by atoms with E-state index in [1.54, 1.807) is 0 Å². The van der Waals surface area contributed by atoms with Gasteiger partial charge < -0.3 is 27.8 Å². The van der Waals surface area contributed by atoms with Crippen molar-refractivity contribution in [3.63, 3.8) is 0 Å². The zero-order valence-electron chi connectivity index (χ0n) is 12.4. The minimum atomic E-state index is -1.75. The van der Waals surface area contributed by atoms with E-state index in [2.05, 4.69) is 48.5 Å². The van der Waals surface area contributed by atoms with Gasteiger partial charge in [-0.2, -0.15) is 37.9 Å². The van der Waals surface area contributed by atoms with Crippen LogP contribution in [0, 0.1) is 0 Å². The molecule has 22 heavy (non-hydrogen) atoms. The van der Waals surface area contributed by atoms with Crippen molar-refractivity contribution in [3.05, 3.63) is 0 Å². The van der Waals surface area contributed by atoms with Gasteiger partial charge in [-0.25, -0.2) is 0 Å². The summed E-state index contributed by atoms with van der Waals surface area (Å²) in [4.78, 5) is 35.9. The van der Waals surface area contributed by atoms with E-state index in [0.717, 1.165) is 0 Å². The molecule has 8 nitrogen and oxygen atoms in total. The molecular weight excluding hydrogens is 346 g/mol. The highest BCUT2D eigenvalue weighted by molar-refractivity contribution is 7.80. The molecular formula is C11H23N5O3S3. The second-order valence-corrected chi connectivity index (χ2v) is 6.40. The van der Waals surface area contributed by atoms with Crippen molar-refractivity contribution >= 4 is 55.6 Å². The topological polar surface area (TPSA) is 153 Å². The van der Waals surface area contributed by atoms with Crippen LogP contribution in [0.3, 0.4) is 0 Å². The zero-order chi connectivity index (χ0) is 17.8. The van der Waals surface area contributed by atoms with E-state index >= 15 is 0 Å². The molecule has 0 heterocycles. The third-order valence-corrected chi connectivity index (χ3v) is 4.93. The van der Waals surface area contributed by atoms with Crippen molar-refractivity contribution in [2.75, 3.05) is 17.3 Å². The molecule has 8 N–H and O–H groups in total. The number of hydrogen-bond donors (Lipinski definition) is 8. The van der Waals surface area contributed by atoms with E-state index < -0.39 is 34.5 Å². The largest absolute Gasteiger partial charge is 0.368 e. The minimum absolute atomic E-state index is 0.0149. The van der Waals surface area contributed by atoms with Crippen LogP contribution in [0.2, 0.25) is 0 Å². The Kier molecular flexibility index (Phi) is 7.55. The number of thiol groups is 3. The molecule has 0 aromatic carbocycles. The summed E-state index contributed by atoms with van der Waals surface area (Å²) in [7, 11) is 0. The highest BCUT2D eigenvalue weighted by Crippen LogP contribution is 2.13. The van der Waals surface area contributed by atoms with Gasteiger partial charge in [-0.05, 0) is 13.8 Å². The number of nitrogens with one attached hydrogen (secondary N) is 2. The lowest BCUT2D eigenvalue weighted by atomic mass is 9.98. The van der Waals surface area contributed by atoms with E-state index in [1.165, 1.54) is 13.8 Å². The molecule has 0 aliphatic carbocycles. The summed E-state index contributed by atoms with van der Waals surface area (Å²) in [6, 6.07) is 0. The molecule has 0 saturated carbocycles. The third-order valence-electron chi connectivity index (χ3n) is 3.14. The van der Waals surface area contributed by atoms with Gasteiger partial charge in [0.2, 0.25) is 11.8 Å². The highest BCUT2D eigenvalue weighted by Gasteiger charge is 2.42. The molecule has 0 radical (unpaired) electrons. The maximum atomic E-state index is 12.4. The van der Waals surface area contributed by atoms with Crippen molar-refractivity contribution in [2.24, 2.45) is 17.2 Å². The lowest BCUT2D eigenvalue weighted by Crippen LogP contribution is -2.71. The normalized spacial score (nSPS) is 17.0. The maximum Gasteiger partial charge on any atom is 0.256 e. The van der Waals surface area contributed by atoms with E-state index in [1.807, 2.05) is 0 Å². The van der Waals surface area contributed by atoms with E-state index in [-0.39, 0.29) is 17.3 Å². The number of primary amides is 1. The molecule has 0 aliphatic heterocycles. The Hall–Kier alpha value is -0.620. The Morgan fingerprint density at radius 1 is 0.864 bits per heavy atom. The summed E-state index contributed by atoms with van der Waals surface area (Å²) < 4.78 is 0. The van der Waals surface area contributed by atoms with E-state index in [4.69, 9.17) is 17.2 Å².